The molecule has 0 saturated heterocycles. The lowest BCUT2D eigenvalue weighted by molar-refractivity contribution is 0.102. The van der Waals surface area contributed by atoms with Crippen LogP contribution in [-0.4, -0.2) is 14.3 Å². The molecule has 0 aliphatic rings. The predicted molar refractivity (Wildman–Crippen MR) is 112 cm³/mol. The van der Waals surface area contributed by atoms with E-state index in [1.807, 2.05) is 50.2 Å². The monoisotopic (exact) mass is 394 g/mol. The van der Waals surface area contributed by atoms with Crippen LogP contribution in [0.2, 0.25) is 0 Å². The Morgan fingerprint density at radius 3 is 2.36 bits per heavy atom. The quantitative estimate of drug-likeness (QED) is 0.641. The zero-order chi connectivity index (χ0) is 20.1. The van der Waals surface area contributed by atoms with Crippen molar-refractivity contribution in [2.24, 2.45) is 0 Å². The average Bonchev–Trinajstić information content (AvgIpc) is 2.70. The van der Waals surface area contributed by atoms with Crippen LogP contribution >= 0.6 is 0 Å². The average molecular weight is 394 g/mol. The molecule has 144 valence electrons. The minimum Gasteiger partial charge on any atom is -0.322 e. The molecule has 1 amide bonds. The molecule has 5 nitrogen and oxygen atoms in total. The fourth-order valence-corrected chi connectivity index (χ4v) is 3.89. The van der Waals surface area contributed by atoms with E-state index in [9.17, 15) is 13.2 Å². The Labute approximate surface area is 165 Å². The summed E-state index contributed by atoms with van der Waals surface area (Å²) >= 11 is 0. The van der Waals surface area contributed by atoms with E-state index >= 15 is 0 Å². The van der Waals surface area contributed by atoms with E-state index < -0.39 is 10.0 Å². The topological polar surface area (TPSA) is 75.3 Å². The molecule has 0 aromatic heterocycles. The van der Waals surface area contributed by atoms with E-state index in [1.165, 1.54) is 12.1 Å². The molecule has 0 aliphatic carbocycles. The van der Waals surface area contributed by atoms with E-state index in [0.717, 1.165) is 23.2 Å². The van der Waals surface area contributed by atoms with Crippen LogP contribution in [0.1, 0.15) is 28.4 Å². The maximum absolute atomic E-state index is 12.7. The molecular formula is C22H22N2O3S. The second-order valence-electron chi connectivity index (χ2n) is 6.46. The largest absolute Gasteiger partial charge is 0.322 e. The molecule has 0 atom stereocenters. The molecule has 2 N–H and O–H groups in total. The molecule has 28 heavy (non-hydrogen) atoms. The van der Waals surface area contributed by atoms with Gasteiger partial charge in [0.05, 0.1) is 4.90 Å². The Hall–Kier alpha value is -3.12. The van der Waals surface area contributed by atoms with Gasteiger partial charge >= 0.3 is 0 Å². The summed E-state index contributed by atoms with van der Waals surface area (Å²) in [6.45, 7) is 3.94. The number of aryl methyl sites for hydroxylation is 2. The van der Waals surface area contributed by atoms with Crippen molar-refractivity contribution in [2.45, 2.75) is 25.2 Å². The van der Waals surface area contributed by atoms with Gasteiger partial charge in [-0.1, -0.05) is 48.9 Å². The van der Waals surface area contributed by atoms with Crippen molar-refractivity contribution in [3.8, 4) is 0 Å². The smallest absolute Gasteiger partial charge is 0.261 e. The van der Waals surface area contributed by atoms with Gasteiger partial charge in [0.25, 0.3) is 15.9 Å². The lowest BCUT2D eigenvalue weighted by Gasteiger charge is -2.11. The molecular weight excluding hydrogens is 372 g/mol. The van der Waals surface area contributed by atoms with Gasteiger partial charge in [-0.15, -0.1) is 0 Å². The minimum atomic E-state index is -3.80. The fraction of sp³-hybridized carbons (Fsp3) is 0.136. The normalized spacial score (nSPS) is 11.1. The number of hydrogen-bond donors (Lipinski definition) is 2. The fourth-order valence-electron chi connectivity index (χ4n) is 2.79. The first-order valence-corrected chi connectivity index (χ1v) is 10.5. The van der Waals surface area contributed by atoms with Crippen molar-refractivity contribution < 1.29 is 13.2 Å². The van der Waals surface area contributed by atoms with Gasteiger partial charge in [0.1, 0.15) is 0 Å². The number of benzene rings is 3. The summed E-state index contributed by atoms with van der Waals surface area (Å²) in [6, 6.07) is 20.6. The van der Waals surface area contributed by atoms with Crippen LogP contribution in [-0.2, 0) is 16.4 Å². The number of hydrogen-bond acceptors (Lipinski definition) is 3. The van der Waals surface area contributed by atoms with Gasteiger partial charge in [-0.25, -0.2) is 8.42 Å². The highest BCUT2D eigenvalue weighted by molar-refractivity contribution is 7.92. The van der Waals surface area contributed by atoms with Crippen molar-refractivity contribution in [2.75, 3.05) is 10.0 Å². The third-order valence-electron chi connectivity index (χ3n) is 4.36. The minimum absolute atomic E-state index is 0.0319. The summed E-state index contributed by atoms with van der Waals surface area (Å²) in [7, 11) is -3.80. The zero-order valence-corrected chi connectivity index (χ0v) is 16.6. The second-order valence-corrected chi connectivity index (χ2v) is 8.15. The van der Waals surface area contributed by atoms with E-state index in [0.29, 0.717) is 5.69 Å². The lowest BCUT2D eigenvalue weighted by Crippen LogP contribution is -2.16. The molecule has 0 radical (unpaired) electrons. The standard InChI is InChI=1S/C22H22N2O3S/c1-3-17-7-4-5-10-21(17)23-22(25)18-8-6-9-20(15-18)28(26,27)24-19-13-11-16(2)12-14-19/h4-15,24H,3H2,1-2H3,(H,23,25). The predicted octanol–water partition coefficient (Wildman–Crippen LogP) is 4.61. The number of carbonyl (C=O) groups is 1. The van der Waals surface area contributed by atoms with Crippen LogP contribution < -0.4 is 10.0 Å². The first kappa shape index (κ1) is 19.6. The summed E-state index contributed by atoms with van der Waals surface area (Å²) in [5, 5.41) is 2.86. The SMILES string of the molecule is CCc1ccccc1NC(=O)c1cccc(S(=O)(=O)Nc2ccc(C)cc2)c1. The van der Waals surface area contributed by atoms with E-state index in [2.05, 4.69) is 10.0 Å². The first-order valence-electron chi connectivity index (χ1n) is 8.98. The maximum Gasteiger partial charge on any atom is 0.261 e. The Balaban J connectivity index is 1.83. The van der Waals surface area contributed by atoms with Crippen LogP contribution in [0.25, 0.3) is 0 Å². The van der Waals surface area contributed by atoms with Crippen LogP contribution in [0.15, 0.2) is 77.7 Å². The van der Waals surface area contributed by atoms with Crippen LogP contribution in [0.4, 0.5) is 11.4 Å². The summed E-state index contributed by atoms with van der Waals surface area (Å²) < 4.78 is 27.9. The molecule has 3 rings (SSSR count). The Kier molecular flexibility index (Phi) is 5.80. The van der Waals surface area contributed by atoms with Crippen LogP contribution in [0.3, 0.4) is 0 Å². The number of rotatable bonds is 6. The Morgan fingerprint density at radius 2 is 1.64 bits per heavy atom. The number of carbonyl (C=O) groups excluding carboxylic acids is 1. The Bertz CT molecular complexity index is 1090. The molecule has 0 saturated carbocycles. The highest BCUT2D eigenvalue weighted by Gasteiger charge is 2.17. The molecule has 0 heterocycles. The van der Waals surface area contributed by atoms with E-state index in [4.69, 9.17) is 0 Å². The number of amides is 1. The maximum atomic E-state index is 12.7. The number of anilines is 2. The highest BCUT2D eigenvalue weighted by Crippen LogP contribution is 2.20. The van der Waals surface area contributed by atoms with Gasteiger partial charge in [0.15, 0.2) is 0 Å². The van der Waals surface area contributed by atoms with E-state index in [1.54, 1.807) is 24.3 Å². The second kappa shape index (κ2) is 8.27. The number of para-hydroxylation sites is 1. The van der Waals surface area contributed by atoms with Crippen molar-refractivity contribution >= 4 is 27.3 Å². The van der Waals surface area contributed by atoms with E-state index in [-0.39, 0.29) is 16.4 Å². The lowest BCUT2D eigenvalue weighted by atomic mass is 10.1. The summed E-state index contributed by atoms with van der Waals surface area (Å²) in [4.78, 5) is 12.7. The molecule has 3 aromatic rings. The Morgan fingerprint density at radius 1 is 0.929 bits per heavy atom. The highest BCUT2D eigenvalue weighted by atomic mass is 32.2. The van der Waals surface area contributed by atoms with Crippen molar-refractivity contribution in [1.82, 2.24) is 0 Å². The molecule has 3 aromatic carbocycles. The third-order valence-corrected chi connectivity index (χ3v) is 5.74. The summed E-state index contributed by atoms with van der Waals surface area (Å²) in [5.74, 6) is -0.353. The zero-order valence-electron chi connectivity index (χ0n) is 15.8. The molecule has 0 unspecified atom stereocenters. The number of nitrogens with one attached hydrogen (secondary N) is 2. The van der Waals surface area contributed by atoms with Gasteiger partial charge in [0.2, 0.25) is 0 Å². The molecule has 0 bridgehead atoms. The molecule has 0 fully saturated rings. The summed E-state index contributed by atoms with van der Waals surface area (Å²) in [6.07, 6.45) is 0.783. The molecule has 0 spiro atoms. The van der Waals surface area contributed by atoms with Gasteiger partial charge in [-0.3, -0.25) is 9.52 Å². The number of sulfonamides is 1. The van der Waals surface area contributed by atoms with Gasteiger partial charge in [-0.2, -0.15) is 0 Å². The molecule has 6 heteroatoms. The molecule has 0 aliphatic heterocycles. The van der Waals surface area contributed by atoms with Gasteiger partial charge in [-0.05, 0) is 55.3 Å². The van der Waals surface area contributed by atoms with Gasteiger partial charge in [0, 0.05) is 16.9 Å². The van der Waals surface area contributed by atoms with Crippen LogP contribution in [0, 0.1) is 6.92 Å². The van der Waals surface area contributed by atoms with Gasteiger partial charge < -0.3 is 5.32 Å². The van der Waals surface area contributed by atoms with Crippen molar-refractivity contribution in [1.29, 1.82) is 0 Å². The van der Waals surface area contributed by atoms with Crippen LogP contribution in [0.5, 0.6) is 0 Å². The first-order chi connectivity index (χ1) is 13.4. The third kappa shape index (κ3) is 4.58. The summed E-state index contributed by atoms with van der Waals surface area (Å²) in [5.41, 5.74) is 3.52. The van der Waals surface area contributed by atoms with Crippen molar-refractivity contribution in [3.05, 3.63) is 89.5 Å². The van der Waals surface area contributed by atoms with Crippen molar-refractivity contribution in [3.63, 3.8) is 0 Å².